The van der Waals surface area contributed by atoms with Gasteiger partial charge in [0.2, 0.25) is 6.10 Å². The van der Waals surface area contributed by atoms with Gasteiger partial charge in [0.25, 0.3) is 0 Å². The Morgan fingerprint density at radius 2 is 2.12 bits per heavy atom. The quantitative estimate of drug-likeness (QED) is 0.563. The van der Waals surface area contributed by atoms with Crippen molar-refractivity contribution in [3.63, 3.8) is 0 Å². The zero-order valence-corrected chi connectivity index (χ0v) is 9.63. The molecule has 2 unspecified atom stereocenters. The van der Waals surface area contributed by atoms with Gasteiger partial charge in [-0.3, -0.25) is 4.79 Å². The van der Waals surface area contributed by atoms with Crippen LogP contribution in [0.2, 0.25) is 0 Å². The Morgan fingerprint density at radius 1 is 1.47 bits per heavy atom. The summed E-state index contributed by atoms with van der Waals surface area (Å²) in [7, 11) is 0. The zero-order valence-electron chi connectivity index (χ0n) is 9.63. The minimum absolute atomic E-state index is 0.165. The molecule has 6 nitrogen and oxygen atoms in total. The summed E-state index contributed by atoms with van der Waals surface area (Å²) < 4.78 is 9.88. The third kappa shape index (κ3) is 2.91. The summed E-state index contributed by atoms with van der Waals surface area (Å²) in [5.74, 6) is -2.79. The number of hydrogen-bond acceptors (Lipinski definition) is 5. The molecule has 1 aliphatic heterocycles. The van der Waals surface area contributed by atoms with Gasteiger partial charge in [0, 0.05) is 6.61 Å². The van der Waals surface area contributed by atoms with E-state index < -0.39 is 29.9 Å². The number of cyclic esters (lactones) is 1. The molecule has 0 aromatic rings. The first-order valence-electron chi connectivity index (χ1n) is 5.32. The van der Waals surface area contributed by atoms with Crippen molar-refractivity contribution in [2.75, 3.05) is 6.61 Å². The second-order valence-corrected chi connectivity index (χ2v) is 3.48. The van der Waals surface area contributed by atoms with Crippen LogP contribution in [-0.2, 0) is 23.9 Å². The average molecular weight is 242 g/mol. The summed E-state index contributed by atoms with van der Waals surface area (Å²) in [5.41, 5.74) is -0.215. The van der Waals surface area contributed by atoms with E-state index in [1.807, 2.05) is 0 Å². The zero-order chi connectivity index (χ0) is 13.0. The molecular weight excluding hydrogens is 228 g/mol. The molecule has 1 rings (SSSR count). The highest BCUT2D eigenvalue weighted by atomic mass is 16.6. The molecule has 6 heteroatoms. The molecule has 0 bridgehead atoms. The molecule has 0 radical (unpaired) electrons. The molecule has 0 aromatic carbocycles. The molecule has 0 spiro atoms. The van der Waals surface area contributed by atoms with Gasteiger partial charge >= 0.3 is 11.9 Å². The lowest BCUT2D eigenvalue weighted by molar-refractivity contribution is -0.162. The Bertz CT molecular complexity index is 370. The van der Waals surface area contributed by atoms with Gasteiger partial charge in [-0.15, -0.1) is 0 Å². The van der Waals surface area contributed by atoms with E-state index >= 15 is 0 Å². The van der Waals surface area contributed by atoms with E-state index in [1.54, 1.807) is 13.8 Å². The topological polar surface area (TPSA) is 89.9 Å². The van der Waals surface area contributed by atoms with Crippen LogP contribution in [0.1, 0.15) is 20.3 Å². The molecular formula is C11H14O6. The van der Waals surface area contributed by atoms with E-state index in [1.165, 1.54) is 0 Å². The molecule has 0 aromatic heterocycles. The first-order chi connectivity index (χ1) is 8.01. The standard InChI is InChI=1S/C11H14O6/c1-3-8-6(10(13)14)5-7(12)9(16-4-2)11(15)17-8/h5,8-9H,3-4H2,1-2H3,(H,13,14). The monoisotopic (exact) mass is 242 g/mol. The minimum Gasteiger partial charge on any atom is -0.478 e. The van der Waals surface area contributed by atoms with Crippen LogP contribution < -0.4 is 0 Å². The van der Waals surface area contributed by atoms with Crippen LogP contribution >= 0.6 is 0 Å². The van der Waals surface area contributed by atoms with Crippen LogP contribution in [0.3, 0.4) is 0 Å². The van der Waals surface area contributed by atoms with Crippen molar-refractivity contribution in [1.82, 2.24) is 0 Å². The van der Waals surface area contributed by atoms with Crippen molar-refractivity contribution in [3.05, 3.63) is 11.6 Å². The van der Waals surface area contributed by atoms with Gasteiger partial charge in [-0.05, 0) is 19.4 Å². The molecule has 1 aliphatic rings. The first-order valence-corrected chi connectivity index (χ1v) is 5.32. The smallest absolute Gasteiger partial charge is 0.344 e. The van der Waals surface area contributed by atoms with Crippen LogP contribution in [0.25, 0.3) is 0 Å². The number of aliphatic carboxylic acids is 1. The van der Waals surface area contributed by atoms with Crippen molar-refractivity contribution < 1.29 is 29.0 Å². The van der Waals surface area contributed by atoms with Crippen LogP contribution in [0.5, 0.6) is 0 Å². The molecule has 0 aliphatic carbocycles. The lowest BCUT2D eigenvalue weighted by Gasteiger charge is -2.16. The predicted molar refractivity (Wildman–Crippen MR) is 56.3 cm³/mol. The predicted octanol–water partition coefficient (Wildman–Crippen LogP) is 0.307. The first kappa shape index (κ1) is 13.4. The lowest BCUT2D eigenvalue weighted by atomic mass is 10.1. The second-order valence-electron chi connectivity index (χ2n) is 3.48. The molecule has 0 saturated heterocycles. The van der Waals surface area contributed by atoms with Crippen LogP contribution in [-0.4, -0.2) is 41.6 Å². The Hall–Kier alpha value is -1.69. The highest BCUT2D eigenvalue weighted by molar-refractivity contribution is 6.12. The Labute approximate surface area is 98.2 Å². The van der Waals surface area contributed by atoms with Gasteiger partial charge < -0.3 is 14.6 Å². The number of esters is 1. The fourth-order valence-corrected chi connectivity index (χ4v) is 1.52. The Kier molecular flexibility index (Phi) is 4.39. The molecule has 1 heterocycles. The molecule has 94 valence electrons. The van der Waals surface area contributed by atoms with Gasteiger partial charge in [0.05, 0.1) is 5.57 Å². The third-order valence-corrected chi connectivity index (χ3v) is 2.33. The van der Waals surface area contributed by atoms with Gasteiger partial charge in [0.1, 0.15) is 6.10 Å². The summed E-state index contributed by atoms with van der Waals surface area (Å²) >= 11 is 0. The minimum atomic E-state index is -1.36. The highest BCUT2D eigenvalue weighted by Gasteiger charge is 2.36. The number of hydrogen-bond donors (Lipinski definition) is 1. The summed E-state index contributed by atoms with van der Waals surface area (Å²) in [6, 6.07) is 0. The van der Waals surface area contributed by atoms with Crippen molar-refractivity contribution in [3.8, 4) is 0 Å². The number of carboxylic acid groups (broad SMARTS) is 1. The molecule has 17 heavy (non-hydrogen) atoms. The van der Waals surface area contributed by atoms with Crippen LogP contribution in [0, 0.1) is 0 Å². The van der Waals surface area contributed by atoms with E-state index in [0.29, 0.717) is 0 Å². The highest BCUT2D eigenvalue weighted by Crippen LogP contribution is 2.18. The van der Waals surface area contributed by atoms with Gasteiger partial charge in [-0.25, -0.2) is 9.59 Å². The molecule has 0 fully saturated rings. The van der Waals surface area contributed by atoms with E-state index in [2.05, 4.69) is 0 Å². The summed E-state index contributed by atoms with van der Waals surface area (Å²) in [4.78, 5) is 34.1. The molecule has 0 amide bonds. The molecule has 2 atom stereocenters. The largest absolute Gasteiger partial charge is 0.478 e. The van der Waals surface area contributed by atoms with Crippen molar-refractivity contribution in [2.24, 2.45) is 0 Å². The van der Waals surface area contributed by atoms with Crippen molar-refractivity contribution in [2.45, 2.75) is 32.5 Å². The molecule has 0 saturated carbocycles. The number of carbonyl (C=O) groups is 3. The number of carbonyl (C=O) groups excluding carboxylic acids is 2. The van der Waals surface area contributed by atoms with E-state index in [-0.39, 0.29) is 18.6 Å². The van der Waals surface area contributed by atoms with E-state index in [4.69, 9.17) is 14.6 Å². The van der Waals surface area contributed by atoms with Gasteiger partial charge in [0.15, 0.2) is 5.78 Å². The summed E-state index contributed by atoms with van der Waals surface area (Å²) in [6.45, 7) is 3.46. The number of ketones is 1. The Balaban J connectivity index is 3.07. The van der Waals surface area contributed by atoms with E-state index in [0.717, 1.165) is 6.08 Å². The number of rotatable bonds is 4. The molecule has 1 N–H and O–H groups in total. The van der Waals surface area contributed by atoms with Gasteiger partial charge in [-0.1, -0.05) is 6.92 Å². The second kappa shape index (κ2) is 5.58. The van der Waals surface area contributed by atoms with Crippen molar-refractivity contribution >= 4 is 17.7 Å². The maximum absolute atomic E-state index is 11.6. The summed E-state index contributed by atoms with van der Waals surface area (Å²) in [6.07, 6.45) is -1.06. The Morgan fingerprint density at radius 3 is 2.59 bits per heavy atom. The SMILES string of the molecule is CCOC1C(=O)C=C(C(=O)O)C(CC)OC1=O. The maximum atomic E-state index is 11.6. The maximum Gasteiger partial charge on any atom is 0.344 e. The summed E-state index contributed by atoms with van der Waals surface area (Å²) in [5, 5.41) is 8.93. The lowest BCUT2D eigenvalue weighted by Crippen LogP contribution is -2.33. The normalized spacial score (nSPS) is 24.9. The number of carboxylic acids is 1. The number of ether oxygens (including phenoxy) is 2. The van der Waals surface area contributed by atoms with E-state index in [9.17, 15) is 14.4 Å². The fraction of sp³-hybridized carbons (Fsp3) is 0.545. The van der Waals surface area contributed by atoms with Crippen LogP contribution in [0.4, 0.5) is 0 Å². The van der Waals surface area contributed by atoms with Crippen molar-refractivity contribution in [1.29, 1.82) is 0 Å². The average Bonchev–Trinajstić information content (AvgIpc) is 2.39. The van der Waals surface area contributed by atoms with Crippen LogP contribution in [0.15, 0.2) is 11.6 Å². The third-order valence-electron chi connectivity index (χ3n) is 2.33. The fourth-order valence-electron chi connectivity index (χ4n) is 1.52. The van der Waals surface area contributed by atoms with Gasteiger partial charge in [-0.2, -0.15) is 0 Å².